The molecule has 2 rings (SSSR count). The average Bonchev–Trinajstić information content (AvgIpc) is 2.65. The van der Waals surface area contributed by atoms with Crippen molar-refractivity contribution in [3.63, 3.8) is 0 Å². The highest BCUT2D eigenvalue weighted by Gasteiger charge is 2.34. The number of nitrogens with one attached hydrogen (secondary N) is 1. The van der Waals surface area contributed by atoms with Gasteiger partial charge in [0.1, 0.15) is 0 Å². The topological polar surface area (TPSA) is 72.2 Å². The number of sulfonamides is 1. The van der Waals surface area contributed by atoms with Gasteiger partial charge in [-0.25, -0.2) is 13.1 Å². The van der Waals surface area contributed by atoms with Crippen molar-refractivity contribution in [2.75, 3.05) is 12.3 Å². The monoisotopic (exact) mass is 302 g/mol. The first-order valence-electron chi connectivity index (χ1n) is 8.27. The Morgan fingerprint density at radius 2 is 1.50 bits per heavy atom. The van der Waals surface area contributed by atoms with Crippen LogP contribution in [0.25, 0.3) is 0 Å². The summed E-state index contributed by atoms with van der Waals surface area (Å²) < 4.78 is 27.9. The predicted molar refractivity (Wildman–Crippen MR) is 83.0 cm³/mol. The second kappa shape index (κ2) is 7.23. The van der Waals surface area contributed by atoms with E-state index in [9.17, 15) is 8.42 Å². The summed E-state index contributed by atoms with van der Waals surface area (Å²) >= 11 is 0. The van der Waals surface area contributed by atoms with Gasteiger partial charge in [-0.3, -0.25) is 0 Å². The molecule has 2 aliphatic rings. The molecule has 0 aromatic heterocycles. The summed E-state index contributed by atoms with van der Waals surface area (Å²) in [6, 6.07) is 0. The highest BCUT2D eigenvalue weighted by Crippen LogP contribution is 2.29. The molecule has 2 saturated carbocycles. The number of hydrogen-bond acceptors (Lipinski definition) is 3. The van der Waals surface area contributed by atoms with Crippen molar-refractivity contribution in [1.82, 2.24) is 4.72 Å². The molecule has 118 valence electrons. The standard InChI is InChI=1S/C15H30N2O2S/c16-13-15(10-6-1-2-7-11-15)17-20(18,19)12-14-8-4-3-5-9-14/h14,17H,1-13,16H2. The van der Waals surface area contributed by atoms with E-state index in [1.807, 2.05) is 0 Å². The summed E-state index contributed by atoms with van der Waals surface area (Å²) in [5.41, 5.74) is 5.55. The summed E-state index contributed by atoms with van der Waals surface area (Å²) in [4.78, 5) is 0. The average molecular weight is 302 g/mol. The fourth-order valence-electron chi connectivity index (χ4n) is 3.79. The summed E-state index contributed by atoms with van der Waals surface area (Å²) in [5, 5.41) is 0. The van der Waals surface area contributed by atoms with E-state index in [2.05, 4.69) is 4.72 Å². The van der Waals surface area contributed by atoms with Crippen LogP contribution in [0, 0.1) is 5.92 Å². The molecule has 20 heavy (non-hydrogen) atoms. The van der Waals surface area contributed by atoms with Crippen molar-refractivity contribution in [2.24, 2.45) is 11.7 Å². The van der Waals surface area contributed by atoms with Gasteiger partial charge in [0.25, 0.3) is 0 Å². The van der Waals surface area contributed by atoms with Crippen LogP contribution in [0.3, 0.4) is 0 Å². The van der Waals surface area contributed by atoms with E-state index in [0.29, 0.717) is 18.2 Å². The Morgan fingerprint density at radius 1 is 0.950 bits per heavy atom. The lowest BCUT2D eigenvalue weighted by Crippen LogP contribution is -2.54. The van der Waals surface area contributed by atoms with Gasteiger partial charge < -0.3 is 5.73 Å². The zero-order valence-electron chi connectivity index (χ0n) is 12.6. The van der Waals surface area contributed by atoms with Gasteiger partial charge in [0.15, 0.2) is 0 Å². The van der Waals surface area contributed by atoms with E-state index < -0.39 is 10.0 Å². The van der Waals surface area contributed by atoms with Gasteiger partial charge in [0, 0.05) is 12.1 Å². The second-order valence-corrected chi connectivity index (χ2v) is 8.55. The third kappa shape index (κ3) is 4.71. The Bertz CT molecular complexity index is 381. The lowest BCUT2D eigenvalue weighted by molar-refractivity contribution is 0.336. The Morgan fingerprint density at radius 3 is 2.05 bits per heavy atom. The molecule has 2 fully saturated rings. The lowest BCUT2D eigenvalue weighted by atomic mass is 9.91. The van der Waals surface area contributed by atoms with Crippen LogP contribution >= 0.6 is 0 Å². The molecule has 0 bridgehead atoms. The number of hydrogen-bond donors (Lipinski definition) is 2. The molecule has 2 aliphatic carbocycles. The molecule has 0 aromatic carbocycles. The first-order valence-corrected chi connectivity index (χ1v) is 9.92. The highest BCUT2D eigenvalue weighted by molar-refractivity contribution is 7.89. The van der Waals surface area contributed by atoms with E-state index in [-0.39, 0.29) is 5.54 Å². The van der Waals surface area contributed by atoms with Crippen molar-refractivity contribution in [3.05, 3.63) is 0 Å². The van der Waals surface area contributed by atoms with Gasteiger partial charge in [-0.15, -0.1) is 0 Å². The SMILES string of the molecule is NCC1(NS(=O)(=O)CC2CCCCC2)CCCCCC1. The molecule has 0 atom stereocenters. The Hall–Kier alpha value is -0.130. The van der Waals surface area contributed by atoms with Gasteiger partial charge in [-0.1, -0.05) is 44.9 Å². The summed E-state index contributed by atoms with van der Waals surface area (Å²) in [6.45, 7) is 0.427. The second-order valence-electron chi connectivity index (χ2n) is 6.79. The summed E-state index contributed by atoms with van der Waals surface area (Å²) in [5.74, 6) is 0.649. The third-order valence-electron chi connectivity index (χ3n) is 5.00. The van der Waals surface area contributed by atoms with Crippen LogP contribution < -0.4 is 10.5 Å². The molecule has 0 radical (unpaired) electrons. The van der Waals surface area contributed by atoms with Crippen molar-refractivity contribution in [1.29, 1.82) is 0 Å². The predicted octanol–water partition coefficient (Wildman–Crippen LogP) is 2.54. The van der Waals surface area contributed by atoms with E-state index in [1.165, 1.54) is 32.1 Å². The van der Waals surface area contributed by atoms with Crippen molar-refractivity contribution in [3.8, 4) is 0 Å². The van der Waals surface area contributed by atoms with E-state index in [1.54, 1.807) is 0 Å². The number of rotatable bonds is 5. The maximum absolute atomic E-state index is 12.5. The molecular formula is C15H30N2O2S. The van der Waals surface area contributed by atoms with Gasteiger partial charge in [0.2, 0.25) is 10.0 Å². The Labute approximate surface area is 123 Å². The minimum atomic E-state index is -3.20. The number of nitrogens with two attached hydrogens (primary N) is 1. The first kappa shape index (κ1) is 16.2. The molecule has 0 saturated heterocycles. The third-order valence-corrected chi connectivity index (χ3v) is 6.66. The summed E-state index contributed by atoms with van der Waals surface area (Å²) in [7, 11) is -3.20. The molecule has 0 amide bonds. The minimum absolute atomic E-state index is 0.300. The van der Waals surface area contributed by atoms with Crippen LogP contribution in [0.1, 0.15) is 70.6 Å². The van der Waals surface area contributed by atoms with Gasteiger partial charge in [0.05, 0.1) is 5.75 Å². The maximum Gasteiger partial charge on any atom is 0.212 e. The van der Waals surface area contributed by atoms with Crippen LogP contribution in [0.5, 0.6) is 0 Å². The zero-order valence-corrected chi connectivity index (χ0v) is 13.4. The minimum Gasteiger partial charge on any atom is -0.329 e. The van der Waals surface area contributed by atoms with E-state index in [4.69, 9.17) is 5.73 Å². The van der Waals surface area contributed by atoms with Crippen LogP contribution in [0.4, 0.5) is 0 Å². The van der Waals surface area contributed by atoms with Crippen LogP contribution in [0.2, 0.25) is 0 Å². The fraction of sp³-hybridized carbons (Fsp3) is 1.00. The fourth-order valence-corrected chi connectivity index (χ4v) is 5.77. The van der Waals surface area contributed by atoms with Crippen molar-refractivity contribution >= 4 is 10.0 Å². The smallest absolute Gasteiger partial charge is 0.212 e. The van der Waals surface area contributed by atoms with Crippen molar-refractivity contribution < 1.29 is 8.42 Å². The molecule has 5 heteroatoms. The lowest BCUT2D eigenvalue weighted by Gasteiger charge is -2.33. The maximum atomic E-state index is 12.5. The molecule has 0 heterocycles. The molecular weight excluding hydrogens is 272 g/mol. The quantitative estimate of drug-likeness (QED) is 0.767. The highest BCUT2D eigenvalue weighted by atomic mass is 32.2. The Balaban J connectivity index is 1.97. The summed E-state index contributed by atoms with van der Waals surface area (Å²) in [6.07, 6.45) is 12.1. The zero-order chi connectivity index (χ0) is 14.5. The molecule has 0 aliphatic heterocycles. The van der Waals surface area contributed by atoms with E-state index >= 15 is 0 Å². The molecule has 0 aromatic rings. The van der Waals surface area contributed by atoms with E-state index in [0.717, 1.165) is 38.5 Å². The van der Waals surface area contributed by atoms with Crippen LogP contribution in [-0.4, -0.2) is 26.3 Å². The molecule has 0 spiro atoms. The molecule has 3 N–H and O–H groups in total. The van der Waals surface area contributed by atoms with Gasteiger partial charge in [-0.2, -0.15) is 0 Å². The van der Waals surface area contributed by atoms with Crippen molar-refractivity contribution in [2.45, 2.75) is 76.2 Å². The first-order chi connectivity index (χ1) is 9.55. The van der Waals surface area contributed by atoms with Gasteiger partial charge in [-0.05, 0) is 31.6 Å². The largest absolute Gasteiger partial charge is 0.329 e. The molecule has 4 nitrogen and oxygen atoms in total. The van der Waals surface area contributed by atoms with Crippen LogP contribution in [-0.2, 0) is 10.0 Å². The van der Waals surface area contributed by atoms with Gasteiger partial charge >= 0.3 is 0 Å². The normalized spacial score (nSPS) is 25.2. The molecule has 0 unspecified atom stereocenters. The Kier molecular flexibility index (Phi) is 5.87. The van der Waals surface area contributed by atoms with Crippen LogP contribution in [0.15, 0.2) is 0 Å².